The zero-order valence-electron chi connectivity index (χ0n) is 13.2. The molecular weight excluding hydrogens is 316 g/mol. The summed E-state index contributed by atoms with van der Waals surface area (Å²) in [7, 11) is 0. The van der Waals surface area contributed by atoms with Crippen LogP contribution in [0.3, 0.4) is 0 Å². The van der Waals surface area contributed by atoms with E-state index in [9.17, 15) is 18.4 Å². The zero-order chi connectivity index (χ0) is 17.3. The molecule has 130 valence electrons. The summed E-state index contributed by atoms with van der Waals surface area (Å²) >= 11 is 0. The maximum atomic E-state index is 13.5. The number of carbonyl (C=O) groups excluding carboxylic acids is 2. The molecule has 2 bridgehead atoms. The van der Waals surface area contributed by atoms with E-state index >= 15 is 0 Å². The molecule has 2 fully saturated rings. The predicted octanol–water partition coefficient (Wildman–Crippen LogP) is 1.18. The second-order valence-electron chi connectivity index (χ2n) is 6.58. The van der Waals surface area contributed by atoms with Gasteiger partial charge in [0.2, 0.25) is 5.91 Å². The Kier molecular flexibility index (Phi) is 4.80. The molecule has 0 spiro atoms. The number of carbonyl (C=O) groups is 2. The topological polar surface area (TPSA) is 84.2 Å². The molecule has 1 aromatic rings. The highest BCUT2D eigenvalue weighted by Gasteiger charge is 2.48. The first kappa shape index (κ1) is 16.8. The Hall–Kier alpha value is -2.02. The number of fused-ring (bicyclic) bond motifs is 2. The smallest absolute Gasteiger partial charge is 0.257 e. The second-order valence-corrected chi connectivity index (χ2v) is 6.58. The van der Waals surface area contributed by atoms with Gasteiger partial charge in [-0.15, -0.1) is 0 Å². The molecule has 2 amide bonds. The number of amides is 2. The Morgan fingerprint density at radius 2 is 1.71 bits per heavy atom. The van der Waals surface area contributed by atoms with Gasteiger partial charge < -0.3 is 16.4 Å². The van der Waals surface area contributed by atoms with Gasteiger partial charge in [0.15, 0.2) is 0 Å². The van der Waals surface area contributed by atoms with E-state index in [0.717, 1.165) is 31.4 Å². The molecule has 7 heteroatoms. The summed E-state index contributed by atoms with van der Waals surface area (Å²) in [6.45, 7) is 0.287. The highest BCUT2D eigenvalue weighted by atomic mass is 19.1. The van der Waals surface area contributed by atoms with Gasteiger partial charge in [0.1, 0.15) is 17.2 Å². The normalized spacial score (nSPS) is 28.0. The van der Waals surface area contributed by atoms with Crippen LogP contribution in [-0.4, -0.2) is 30.9 Å². The van der Waals surface area contributed by atoms with Crippen molar-refractivity contribution in [1.29, 1.82) is 0 Å². The van der Waals surface area contributed by atoms with Gasteiger partial charge in [-0.2, -0.15) is 0 Å². The Morgan fingerprint density at radius 3 is 2.33 bits per heavy atom. The SMILES string of the molecule is NC1C2CCC(C2)C1C(=O)NCCNC(=O)c1c(F)cccc1F. The van der Waals surface area contributed by atoms with Gasteiger partial charge >= 0.3 is 0 Å². The minimum absolute atomic E-state index is 0.0917. The fraction of sp³-hybridized carbons (Fsp3) is 0.529. The lowest BCUT2D eigenvalue weighted by atomic mass is 9.84. The van der Waals surface area contributed by atoms with E-state index in [1.807, 2.05) is 0 Å². The van der Waals surface area contributed by atoms with Crippen LogP contribution in [0.4, 0.5) is 8.78 Å². The number of hydrogen-bond acceptors (Lipinski definition) is 3. The number of benzene rings is 1. The van der Waals surface area contributed by atoms with E-state index < -0.39 is 23.1 Å². The largest absolute Gasteiger partial charge is 0.354 e. The highest BCUT2D eigenvalue weighted by Crippen LogP contribution is 2.47. The Bertz CT molecular complexity index is 630. The molecule has 2 saturated carbocycles. The van der Waals surface area contributed by atoms with Crippen molar-refractivity contribution in [1.82, 2.24) is 10.6 Å². The molecule has 0 saturated heterocycles. The molecule has 0 aliphatic heterocycles. The Labute approximate surface area is 139 Å². The predicted molar refractivity (Wildman–Crippen MR) is 84.0 cm³/mol. The average Bonchev–Trinajstić information content (AvgIpc) is 3.12. The minimum atomic E-state index is -0.913. The summed E-state index contributed by atoms with van der Waals surface area (Å²) in [6, 6.07) is 3.15. The number of rotatable bonds is 5. The third kappa shape index (κ3) is 3.13. The quantitative estimate of drug-likeness (QED) is 0.706. The van der Waals surface area contributed by atoms with Crippen molar-refractivity contribution in [3.05, 3.63) is 35.4 Å². The lowest BCUT2D eigenvalue weighted by molar-refractivity contribution is -0.127. The second kappa shape index (κ2) is 6.84. The average molecular weight is 337 g/mol. The number of nitrogens with two attached hydrogens (primary N) is 1. The van der Waals surface area contributed by atoms with Crippen LogP contribution in [0.5, 0.6) is 0 Å². The summed E-state index contributed by atoms with van der Waals surface area (Å²) in [5, 5.41) is 5.16. The maximum absolute atomic E-state index is 13.5. The standard InChI is InChI=1S/C17H21F2N3O2/c18-11-2-1-3-12(19)14(11)17(24)22-7-6-21-16(23)13-9-4-5-10(8-9)15(13)20/h1-3,9-10,13,15H,4-8,20H2,(H,21,23)(H,22,24). The van der Waals surface area contributed by atoms with Gasteiger partial charge in [0, 0.05) is 19.1 Å². The summed E-state index contributed by atoms with van der Waals surface area (Å²) in [5.74, 6) is -2.13. The lowest BCUT2D eigenvalue weighted by Gasteiger charge is -2.27. The molecule has 5 nitrogen and oxygen atoms in total. The minimum Gasteiger partial charge on any atom is -0.354 e. The number of hydrogen-bond donors (Lipinski definition) is 3. The molecule has 2 aliphatic rings. The van der Waals surface area contributed by atoms with E-state index in [4.69, 9.17) is 5.73 Å². The first-order valence-corrected chi connectivity index (χ1v) is 8.24. The van der Waals surface area contributed by atoms with Crippen molar-refractivity contribution in [3.8, 4) is 0 Å². The summed E-state index contributed by atoms with van der Waals surface area (Å²) in [6.07, 6.45) is 3.15. The summed E-state index contributed by atoms with van der Waals surface area (Å²) in [5.41, 5.74) is 5.50. The van der Waals surface area contributed by atoms with E-state index in [2.05, 4.69) is 10.6 Å². The van der Waals surface area contributed by atoms with Crippen molar-refractivity contribution in [2.75, 3.05) is 13.1 Å². The molecule has 0 aromatic heterocycles. The summed E-state index contributed by atoms with van der Waals surface area (Å²) < 4.78 is 27.0. The van der Waals surface area contributed by atoms with Crippen LogP contribution in [0, 0.1) is 29.4 Å². The molecule has 4 unspecified atom stereocenters. The third-order valence-electron chi connectivity index (χ3n) is 5.18. The van der Waals surface area contributed by atoms with E-state index in [1.165, 1.54) is 6.07 Å². The van der Waals surface area contributed by atoms with E-state index in [1.54, 1.807) is 0 Å². The highest BCUT2D eigenvalue weighted by molar-refractivity contribution is 5.94. The van der Waals surface area contributed by atoms with Crippen LogP contribution >= 0.6 is 0 Å². The zero-order valence-corrected chi connectivity index (χ0v) is 13.2. The van der Waals surface area contributed by atoms with Gasteiger partial charge in [-0.3, -0.25) is 9.59 Å². The molecule has 4 atom stereocenters. The maximum Gasteiger partial charge on any atom is 0.257 e. The van der Waals surface area contributed by atoms with Gasteiger partial charge in [0.25, 0.3) is 5.91 Å². The summed E-state index contributed by atoms with van der Waals surface area (Å²) in [4.78, 5) is 24.1. The monoisotopic (exact) mass is 337 g/mol. The fourth-order valence-corrected chi connectivity index (χ4v) is 4.01. The molecular formula is C17H21F2N3O2. The van der Waals surface area contributed by atoms with Crippen LogP contribution < -0.4 is 16.4 Å². The van der Waals surface area contributed by atoms with Crippen molar-refractivity contribution in [2.24, 2.45) is 23.5 Å². The molecule has 0 radical (unpaired) electrons. The van der Waals surface area contributed by atoms with Crippen molar-refractivity contribution in [3.63, 3.8) is 0 Å². The van der Waals surface area contributed by atoms with Gasteiger partial charge in [-0.05, 0) is 43.2 Å². The number of halogens is 2. The van der Waals surface area contributed by atoms with Gasteiger partial charge in [-0.25, -0.2) is 8.78 Å². The molecule has 3 rings (SSSR count). The first-order valence-electron chi connectivity index (χ1n) is 8.24. The van der Waals surface area contributed by atoms with Crippen LogP contribution in [0.2, 0.25) is 0 Å². The molecule has 2 aliphatic carbocycles. The van der Waals surface area contributed by atoms with Gasteiger partial charge in [-0.1, -0.05) is 6.07 Å². The third-order valence-corrected chi connectivity index (χ3v) is 5.18. The van der Waals surface area contributed by atoms with Crippen LogP contribution in [0.15, 0.2) is 18.2 Å². The molecule has 4 N–H and O–H groups in total. The van der Waals surface area contributed by atoms with Crippen molar-refractivity contribution in [2.45, 2.75) is 25.3 Å². The molecule has 24 heavy (non-hydrogen) atoms. The Balaban J connectivity index is 1.46. The first-order chi connectivity index (χ1) is 11.5. The fourth-order valence-electron chi connectivity index (χ4n) is 4.01. The van der Waals surface area contributed by atoms with Crippen LogP contribution in [-0.2, 0) is 4.79 Å². The van der Waals surface area contributed by atoms with Crippen LogP contribution in [0.1, 0.15) is 29.6 Å². The van der Waals surface area contributed by atoms with Crippen molar-refractivity contribution >= 4 is 11.8 Å². The van der Waals surface area contributed by atoms with E-state index in [0.29, 0.717) is 11.8 Å². The van der Waals surface area contributed by atoms with E-state index in [-0.39, 0.29) is 31.0 Å². The lowest BCUT2D eigenvalue weighted by Crippen LogP contribution is -2.46. The number of nitrogens with one attached hydrogen (secondary N) is 2. The van der Waals surface area contributed by atoms with Crippen LogP contribution in [0.25, 0.3) is 0 Å². The molecule has 0 heterocycles. The van der Waals surface area contributed by atoms with Crippen molar-refractivity contribution < 1.29 is 18.4 Å². The molecule has 1 aromatic carbocycles. The van der Waals surface area contributed by atoms with Gasteiger partial charge in [0.05, 0.1) is 5.92 Å². The Morgan fingerprint density at radius 1 is 1.08 bits per heavy atom.